The van der Waals surface area contributed by atoms with Gasteiger partial charge >= 0.3 is 0 Å². The molecule has 2 heterocycles. The molecule has 0 fully saturated rings. The molecule has 18 heavy (non-hydrogen) atoms. The summed E-state index contributed by atoms with van der Waals surface area (Å²) in [6.45, 7) is 3.68. The Balaban J connectivity index is 2.12. The monoisotopic (exact) mass is 245 g/mol. The number of hydrogen-bond donors (Lipinski definition) is 2. The molecule has 0 unspecified atom stereocenters. The molecule has 1 aliphatic heterocycles. The zero-order valence-corrected chi connectivity index (χ0v) is 10.2. The van der Waals surface area contributed by atoms with Gasteiger partial charge in [0.2, 0.25) is 0 Å². The number of benzene rings is 1. The van der Waals surface area contributed by atoms with Crippen LogP contribution in [-0.4, -0.2) is 23.4 Å². The second-order valence-corrected chi connectivity index (χ2v) is 4.29. The third-order valence-electron chi connectivity index (χ3n) is 3.10. The molecule has 0 radical (unpaired) electrons. The van der Waals surface area contributed by atoms with Crippen molar-refractivity contribution >= 4 is 0 Å². The highest BCUT2D eigenvalue weighted by Crippen LogP contribution is 2.37. The Morgan fingerprint density at radius 1 is 1.28 bits per heavy atom. The average Bonchev–Trinajstić information content (AvgIpc) is 2.86. The fourth-order valence-electron chi connectivity index (χ4n) is 2.16. The molecule has 1 aromatic carbocycles. The van der Waals surface area contributed by atoms with Gasteiger partial charge < -0.3 is 15.2 Å². The number of ether oxygens (including phenoxy) is 2. The number of fused-ring (bicyclic) bond motifs is 1. The van der Waals surface area contributed by atoms with Gasteiger partial charge in [0.05, 0.1) is 11.9 Å². The molecule has 1 aromatic heterocycles. The van der Waals surface area contributed by atoms with Gasteiger partial charge in [-0.05, 0) is 24.6 Å². The molecule has 0 aliphatic carbocycles. The van der Waals surface area contributed by atoms with Crippen LogP contribution in [0.2, 0.25) is 0 Å². The number of nitrogens with one attached hydrogen (secondary N) is 1. The van der Waals surface area contributed by atoms with E-state index < -0.39 is 0 Å². The average molecular weight is 245 g/mol. The van der Waals surface area contributed by atoms with Crippen LogP contribution in [0.5, 0.6) is 11.5 Å². The predicted octanol–water partition coefficient (Wildman–Crippen LogP) is 1.62. The molecule has 5 nitrogen and oxygen atoms in total. The lowest BCUT2D eigenvalue weighted by Crippen LogP contribution is -2.15. The summed E-state index contributed by atoms with van der Waals surface area (Å²) >= 11 is 0. The van der Waals surface area contributed by atoms with Crippen LogP contribution in [0.3, 0.4) is 0 Å². The third-order valence-corrected chi connectivity index (χ3v) is 3.10. The van der Waals surface area contributed by atoms with E-state index in [1.807, 2.05) is 19.1 Å². The third kappa shape index (κ3) is 1.73. The highest BCUT2D eigenvalue weighted by Gasteiger charge is 2.17. The van der Waals surface area contributed by atoms with Crippen LogP contribution < -0.4 is 15.2 Å². The minimum absolute atomic E-state index is 0.458. The first-order valence-electron chi connectivity index (χ1n) is 5.92. The van der Waals surface area contributed by atoms with Crippen molar-refractivity contribution in [2.24, 2.45) is 5.73 Å². The van der Waals surface area contributed by atoms with E-state index in [-0.39, 0.29) is 0 Å². The van der Waals surface area contributed by atoms with Crippen molar-refractivity contribution in [3.63, 3.8) is 0 Å². The molecule has 94 valence electrons. The van der Waals surface area contributed by atoms with Gasteiger partial charge in [0.25, 0.3) is 0 Å². The molecule has 1 aliphatic rings. The van der Waals surface area contributed by atoms with Crippen molar-refractivity contribution in [1.82, 2.24) is 10.2 Å². The predicted molar refractivity (Wildman–Crippen MR) is 67.6 cm³/mol. The number of aromatic amines is 1. The van der Waals surface area contributed by atoms with Gasteiger partial charge in [0.15, 0.2) is 11.5 Å². The first kappa shape index (κ1) is 11.1. The van der Waals surface area contributed by atoms with Crippen molar-refractivity contribution in [3.05, 3.63) is 29.5 Å². The van der Waals surface area contributed by atoms with Gasteiger partial charge in [-0.15, -0.1) is 0 Å². The normalized spacial score (nSPS) is 13.7. The summed E-state index contributed by atoms with van der Waals surface area (Å²) in [5, 5.41) is 7.04. The van der Waals surface area contributed by atoms with Crippen LogP contribution in [0.4, 0.5) is 0 Å². The second kappa shape index (κ2) is 4.34. The Hall–Kier alpha value is -2.01. The van der Waals surface area contributed by atoms with Gasteiger partial charge in [-0.25, -0.2) is 0 Å². The Bertz CT molecular complexity index is 578. The van der Waals surface area contributed by atoms with E-state index >= 15 is 0 Å². The van der Waals surface area contributed by atoms with Crippen molar-refractivity contribution in [2.45, 2.75) is 13.5 Å². The van der Waals surface area contributed by atoms with Crippen LogP contribution in [0.15, 0.2) is 18.3 Å². The van der Waals surface area contributed by atoms with Crippen molar-refractivity contribution in [3.8, 4) is 22.8 Å². The van der Waals surface area contributed by atoms with Crippen molar-refractivity contribution in [2.75, 3.05) is 13.2 Å². The van der Waals surface area contributed by atoms with E-state index in [1.54, 1.807) is 6.20 Å². The number of aryl methyl sites for hydroxylation is 1. The van der Waals surface area contributed by atoms with E-state index in [1.165, 1.54) is 0 Å². The molecule has 5 heteroatoms. The van der Waals surface area contributed by atoms with Gasteiger partial charge in [-0.3, -0.25) is 5.10 Å². The van der Waals surface area contributed by atoms with Crippen molar-refractivity contribution < 1.29 is 9.47 Å². The zero-order valence-electron chi connectivity index (χ0n) is 10.2. The topological polar surface area (TPSA) is 73.2 Å². The first-order chi connectivity index (χ1) is 8.79. The van der Waals surface area contributed by atoms with Crippen LogP contribution in [0.25, 0.3) is 11.3 Å². The lowest BCUT2D eigenvalue weighted by atomic mass is 10.0. The van der Waals surface area contributed by atoms with Gasteiger partial charge in [-0.1, -0.05) is 0 Å². The largest absolute Gasteiger partial charge is 0.486 e. The molecule has 0 bridgehead atoms. The molecular weight excluding hydrogens is 230 g/mol. The molecule has 0 spiro atoms. The van der Waals surface area contributed by atoms with E-state index in [0.29, 0.717) is 19.8 Å². The molecule has 0 saturated heterocycles. The van der Waals surface area contributed by atoms with E-state index in [0.717, 1.165) is 33.9 Å². The molecule has 0 saturated carbocycles. The van der Waals surface area contributed by atoms with E-state index in [9.17, 15) is 0 Å². The van der Waals surface area contributed by atoms with Gasteiger partial charge in [0.1, 0.15) is 13.2 Å². The Labute approximate surface area is 105 Å². The SMILES string of the molecule is Cc1cc2c(cc1-c1[nH]ncc1CN)OCCO2. The molecular formula is C13H15N3O2. The number of aromatic nitrogens is 2. The number of nitrogens with two attached hydrogens (primary N) is 1. The lowest BCUT2D eigenvalue weighted by Gasteiger charge is -2.20. The quantitative estimate of drug-likeness (QED) is 0.843. The Morgan fingerprint density at radius 2 is 2.00 bits per heavy atom. The fourth-order valence-corrected chi connectivity index (χ4v) is 2.16. The summed E-state index contributed by atoms with van der Waals surface area (Å²) in [6.07, 6.45) is 1.76. The highest BCUT2D eigenvalue weighted by atomic mass is 16.6. The lowest BCUT2D eigenvalue weighted by molar-refractivity contribution is 0.171. The first-order valence-corrected chi connectivity index (χ1v) is 5.92. The maximum Gasteiger partial charge on any atom is 0.162 e. The summed E-state index contributed by atoms with van der Waals surface area (Å²) < 4.78 is 11.2. The van der Waals surface area contributed by atoms with Gasteiger partial charge in [0, 0.05) is 17.7 Å². The number of hydrogen-bond acceptors (Lipinski definition) is 4. The number of nitrogens with zero attached hydrogens (tertiary/aromatic N) is 1. The van der Waals surface area contributed by atoms with Crippen molar-refractivity contribution in [1.29, 1.82) is 0 Å². The summed E-state index contributed by atoms with van der Waals surface area (Å²) in [7, 11) is 0. The van der Waals surface area contributed by atoms with Crippen LogP contribution >= 0.6 is 0 Å². The number of H-pyrrole nitrogens is 1. The number of rotatable bonds is 2. The summed E-state index contributed by atoms with van der Waals surface area (Å²) in [4.78, 5) is 0. The standard InChI is InChI=1S/C13H15N3O2/c1-8-4-11-12(18-3-2-17-11)5-10(8)13-9(6-14)7-15-16-13/h4-5,7H,2-3,6,14H2,1H3,(H,15,16). The highest BCUT2D eigenvalue weighted by molar-refractivity contribution is 5.70. The smallest absolute Gasteiger partial charge is 0.162 e. The van der Waals surface area contributed by atoms with E-state index in [2.05, 4.69) is 10.2 Å². The summed E-state index contributed by atoms with van der Waals surface area (Å²) in [6, 6.07) is 3.97. The van der Waals surface area contributed by atoms with E-state index in [4.69, 9.17) is 15.2 Å². The molecule has 0 atom stereocenters. The maximum atomic E-state index is 5.70. The molecule has 3 N–H and O–H groups in total. The maximum absolute atomic E-state index is 5.70. The second-order valence-electron chi connectivity index (χ2n) is 4.29. The molecule has 3 rings (SSSR count). The Kier molecular flexibility index (Phi) is 2.68. The molecule has 0 amide bonds. The molecule has 2 aromatic rings. The fraction of sp³-hybridized carbons (Fsp3) is 0.308. The summed E-state index contributed by atoms with van der Waals surface area (Å²) in [5.41, 5.74) is 9.81. The van der Waals surface area contributed by atoms with Crippen LogP contribution in [0, 0.1) is 6.92 Å². The van der Waals surface area contributed by atoms with Crippen LogP contribution in [0.1, 0.15) is 11.1 Å². The minimum atomic E-state index is 0.458. The van der Waals surface area contributed by atoms with Crippen LogP contribution in [-0.2, 0) is 6.54 Å². The zero-order chi connectivity index (χ0) is 12.5. The Morgan fingerprint density at radius 3 is 2.72 bits per heavy atom. The van der Waals surface area contributed by atoms with Gasteiger partial charge in [-0.2, -0.15) is 5.10 Å². The minimum Gasteiger partial charge on any atom is -0.486 e. The summed E-state index contributed by atoms with van der Waals surface area (Å²) in [5.74, 6) is 1.58.